The Balaban J connectivity index is 1.83. The van der Waals surface area contributed by atoms with E-state index in [1.54, 1.807) is 39.7 Å². The number of hydrogen-bond donors (Lipinski definition) is 1. The van der Waals surface area contributed by atoms with Crippen molar-refractivity contribution in [3.05, 3.63) is 48.7 Å². The van der Waals surface area contributed by atoms with E-state index in [1.165, 1.54) is 0 Å². The summed E-state index contributed by atoms with van der Waals surface area (Å²) < 4.78 is 21.8. The zero-order valence-corrected chi connectivity index (χ0v) is 17.1. The van der Waals surface area contributed by atoms with Crippen molar-refractivity contribution in [3.63, 3.8) is 0 Å². The first-order chi connectivity index (χ1) is 14.2. The number of aromatic nitrogens is 2. The van der Waals surface area contributed by atoms with Gasteiger partial charge in [0.05, 0.1) is 33.6 Å². The van der Waals surface area contributed by atoms with Gasteiger partial charge in [0.2, 0.25) is 11.7 Å². The summed E-state index contributed by atoms with van der Waals surface area (Å²) in [5.41, 5.74) is 2.50. The van der Waals surface area contributed by atoms with Crippen LogP contribution in [0.4, 0.5) is 11.6 Å². The molecule has 29 heavy (non-hydrogen) atoms. The van der Waals surface area contributed by atoms with Crippen LogP contribution in [0.25, 0.3) is 11.3 Å². The number of hydrogen-bond acceptors (Lipinski definition) is 7. The highest BCUT2D eigenvalue weighted by atomic mass is 16.5. The highest BCUT2D eigenvalue weighted by Crippen LogP contribution is 2.40. The largest absolute Gasteiger partial charge is 0.494 e. The van der Waals surface area contributed by atoms with Gasteiger partial charge in [0, 0.05) is 29.6 Å². The van der Waals surface area contributed by atoms with E-state index in [9.17, 15) is 0 Å². The maximum Gasteiger partial charge on any atom is 0.227 e. The smallest absolute Gasteiger partial charge is 0.227 e. The molecule has 0 unspecified atom stereocenters. The van der Waals surface area contributed by atoms with Gasteiger partial charge in [0.15, 0.2) is 11.5 Å². The molecule has 3 rings (SSSR count). The summed E-state index contributed by atoms with van der Waals surface area (Å²) in [5.74, 6) is 2.94. The molecule has 0 atom stereocenters. The van der Waals surface area contributed by atoms with Gasteiger partial charge in [-0.1, -0.05) is 6.92 Å². The third-order valence-electron chi connectivity index (χ3n) is 4.20. The average molecular weight is 395 g/mol. The molecular formula is C22H25N3O4. The van der Waals surface area contributed by atoms with Crippen LogP contribution in [0.1, 0.15) is 13.3 Å². The summed E-state index contributed by atoms with van der Waals surface area (Å²) in [4.78, 5) is 8.92. The molecular weight excluding hydrogens is 370 g/mol. The summed E-state index contributed by atoms with van der Waals surface area (Å²) in [7, 11) is 4.72. The van der Waals surface area contributed by atoms with E-state index in [1.807, 2.05) is 30.3 Å². The molecule has 0 aliphatic rings. The third-order valence-corrected chi connectivity index (χ3v) is 4.20. The Morgan fingerprint density at radius 2 is 1.59 bits per heavy atom. The van der Waals surface area contributed by atoms with Gasteiger partial charge in [-0.25, -0.2) is 9.97 Å². The first-order valence-corrected chi connectivity index (χ1v) is 9.31. The van der Waals surface area contributed by atoms with E-state index < -0.39 is 0 Å². The number of rotatable bonds is 9. The molecule has 152 valence electrons. The lowest BCUT2D eigenvalue weighted by Gasteiger charge is -2.14. The Morgan fingerprint density at radius 3 is 2.17 bits per heavy atom. The summed E-state index contributed by atoms with van der Waals surface area (Å²) in [6.07, 6.45) is 2.69. The van der Waals surface area contributed by atoms with E-state index >= 15 is 0 Å². The van der Waals surface area contributed by atoms with Gasteiger partial charge in [-0.05, 0) is 36.8 Å². The number of benzene rings is 2. The molecule has 0 bridgehead atoms. The fourth-order valence-electron chi connectivity index (χ4n) is 2.80. The van der Waals surface area contributed by atoms with Gasteiger partial charge in [0.1, 0.15) is 5.75 Å². The first kappa shape index (κ1) is 20.3. The second kappa shape index (κ2) is 9.64. The molecule has 0 saturated heterocycles. The van der Waals surface area contributed by atoms with Gasteiger partial charge >= 0.3 is 0 Å². The van der Waals surface area contributed by atoms with E-state index in [0.29, 0.717) is 29.8 Å². The molecule has 0 aliphatic heterocycles. The van der Waals surface area contributed by atoms with Crippen LogP contribution in [0.5, 0.6) is 23.0 Å². The van der Waals surface area contributed by atoms with Crippen LogP contribution in [0.3, 0.4) is 0 Å². The Morgan fingerprint density at radius 1 is 0.897 bits per heavy atom. The number of nitrogens with one attached hydrogen (secondary N) is 1. The van der Waals surface area contributed by atoms with Gasteiger partial charge in [-0.3, -0.25) is 0 Å². The SMILES string of the molecule is CCCOc1ccc(-c2ccnc(Nc3cc(OC)c(OC)c(OC)c3)n2)cc1. The lowest BCUT2D eigenvalue weighted by atomic mass is 10.1. The van der Waals surface area contributed by atoms with Crippen molar-refractivity contribution in [2.45, 2.75) is 13.3 Å². The van der Waals surface area contributed by atoms with Crippen LogP contribution in [-0.2, 0) is 0 Å². The second-order valence-electron chi connectivity index (χ2n) is 6.18. The topological polar surface area (TPSA) is 74.7 Å². The fraction of sp³-hybridized carbons (Fsp3) is 0.273. The molecule has 1 aromatic heterocycles. The Kier molecular flexibility index (Phi) is 6.73. The van der Waals surface area contributed by atoms with Crippen LogP contribution >= 0.6 is 0 Å². The second-order valence-corrected chi connectivity index (χ2v) is 6.18. The van der Waals surface area contributed by atoms with Crippen molar-refractivity contribution in [1.82, 2.24) is 9.97 Å². The Labute approximate surface area is 170 Å². The Hall–Kier alpha value is -3.48. The zero-order valence-electron chi connectivity index (χ0n) is 17.1. The summed E-state index contributed by atoms with van der Waals surface area (Å²) in [5, 5.41) is 3.19. The van der Waals surface area contributed by atoms with Crippen molar-refractivity contribution >= 4 is 11.6 Å². The predicted molar refractivity (Wildman–Crippen MR) is 113 cm³/mol. The monoisotopic (exact) mass is 395 g/mol. The van der Waals surface area contributed by atoms with E-state index in [-0.39, 0.29) is 0 Å². The predicted octanol–water partition coefficient (Wildman–Crippen LogP) is 4.70. The van der Waals surface area contributed by atoms with Crippen LogP contribution in [-0.4, -0.2) is 37.9 Å². The van der Waals surface area contributed by atoms with E-state index in [4.69, 9.17) is 18.9 Å². The maximum absolute atomic E-state index is 5.63. The number of nitrogens with zero attached hydrogens (tertiary/aromatic N) is 2. The molecule has 0 saturated carbocycles. The molecule has 0 aliphatic carbocycles. The van der Waals surface area contributed by atoms with Crippen molar-refractivity contribution in [2.75, 3.05) is 33.3 Å². The molecule has 2 aromatic carbocycles. The normalized spacial score (nSPS) is 10.3. The maximum atomic E-state index is 5.63. The third kappa shape index (κ3) is 4.87. The molecule has 1 N–H and O–H groups in total. The highest BCUT2D eigenvalue weighted by molar-refractivity contribution is 5.67. The summed E-state index contributed by atoms with van der Waals surface area (Å²) in [6, 6.07) is 13.3. The van der Waals surface area contributed by atoms with E-state index in [2.05, 4.69) is 22.2 Å². The minimum absolute atomic E-state index is 0.461. The van der Waals surface area contributed by atoms with Crippen LogP contribution < -0.4 is 24.3 Å². The fourth-order valence-corrected chi connectivity index (χ4v) is 2.80. The van der Waals surface area contributed by atoms with Crippen molar-refractivity contribution in [1.29, 1.82) is 0 Å². The van der Waals surface area contributed by atoms with Crippen LogP contribution in [0.2, 0.25) is 0 Å². The summed E-state index contributed by atoms with van der Waals surface area (Å²) in [6.45, 7) is 2.79. The number of ether oxygens (including phenoxy) is 4. The minimum Gasteiger partial charge on any atom is -0.494 e. The number of anilines is 2. The molecule has 0 spiro atoms. The standard InChI is InChI=1S/C22H25N3O4/c1-5-12-29-17-8-6-15(7-9-17)18-10-11-23-22(25-18)24-16-13-19(26-2)21(28-4)20(14-16)27-3/h6-11,13-14H,5,12H2,1-4H3,(H,23,24,25). The first-order valence-electron chi connectivity index (χ1n) is 9.31. The van der Waals surface area contributed by atoms with Gasteiger partial charge in [-0.15, -0.1) is 0 Å². The lowest BCUT2D eigenvalue weighted by molar-refractivity contribution is 0.317. The number of methoxy groups -OCH3 is 3. The van der Waals surface area contributed by atoms with E-state index in [0.717, 1.165) is 29.1 Å². The zero-order chi connectivity index (χ0) is 20.6. The van der Waals surface area contributed by atoms with Gasteiger partial charge < -0.3 is 24.3 Å². The molecule has 3 aromatic rings. The van der Waals surface area contributed by atoms with Crippen molar-refractivity contribution < 1.29 is 18.9 Å². The van der Waals surface area contributed by atoms with Crippen molar-refractivity contribution in [3.8, 4) is 34.3 Å². The summed E-state index contributed by atoms with van der Waals surface area (Å²) >= 11 is 0. The Bertz CT molecular complexity index is 920. The minimum atomic E-state index is 0.461. The van der Waals surface area contributed by atoms with Crippen LogP contribution in [0.15, 0.2) is 48.7 Å². The molecule has 0 fully saturated rings. The van der Waals surface area contributed by atoms with Crippen molar-refractivity contribution in [2.24, 2.45) is 0 Å². The van der Waals surface area contributed by atoms with Crippen LogP contribution in [0, 0.1) is 0 Å². The molecule has 0 radical (unpaired) electrons. The highest BCUT2D eigenvalue weighted by Gasteiger charge is 2.14. The molecule has 7 nitrogen and oxygen atoms in total. The molecule has 7 heteroatoms. The quantitative estimate of drug-likeness (QED) is 0.563. The van der Waals surface area contributed by atoms with Gasteiger partial charge in [-0.2, -0.15) is 0 Å². The molecule has 1 heterocycles. The lowest BCUT2D eigenvalue weighted by Crippen LogP contribution is -2.01. The molecule has 0 amide bonds. The average Bonchev–Trinajstić information content (AvgIpc) is 2.77. The van der Waals surface area contributed by atoms with Gasteiger partial charge in [0.25, 0.3) is 0 Å².